The predicted octanol–water partition coefficient (Wildman–Crippen LogP) is 2.02. The van der Waals surface area contributed by atoms with Crippen LogP contribution < -0.4 is 16.2 Å². The molecule has 0 saturated carbocycles. The van der Waals surface area contributed by atoms with Gasteiger partial charge in [0.05, 0.1) is 17.7 Å². The molecule has 0 amide bonds. The van der Waals surface area contributed by atoms with E-state index in [2.05, 4.69) is 30.9 Å². The lowest BCUT2D eigenvalue weighted by Crippen LogP contribution is -2.24. The molecule has 7 nitrogen and oxygen atoms in total. The van der Waals surface area contributed by atoms with Crippen LogP contribution in [0.4, 0.5) is 10.8 Å². The number of carbonyl (C=O) groups is 1. The number of carbonyl (C=O) groups excluding carboxylic acids is 1. The molecule has 0 bridgehead atoms. The number of ether oxygens (including phenoxy) is 1. The van der Waals surface area contributed by atoms with Crippen LogP contribution in [0.5, 0.6) is 0 Å². The minimum Gasteiger partial charge on any atom is -0.465 e. The Hall–Kier alpha value is -1.90. The SMILES string of the molecule is COC(=O)c1ccc(NC2NNc3nc(Cl)ncc32)s1. The van der Waals surface area contributed by atoms with Crippen molar-refractivity contribution < 1.29 is 9.53 Å². The average molecular weight is 312 g/mol. The number of aromatic nitrogens is 2. The van der Waals surface area contributed by atoms with Crippen LogP contribution in [0.1, 0.15) is 21.4 Å². The Bertz CT molecular complexity index is 662. The first-order chi connectivity index (χ1) is 9.67. The summed E-state index contributed by atoms with van der Waals surface area (Å²) in [6.07, 6.45) is 1.44. The third-order valence-corrected chi connectivity index (χ3v) is 3.89. The second-order valence-corrected chi connectivity index (χ2v) is 5.37. The summed E-state index contributed by atoms with van der Waals surface area (Å²) in [7, 11) is 1.36. The zero-order valence-corrected chi connectivity index (χ0v) is 11.9. The van der Waals surface area contributed by atoms with E-state index >= 15 is 0 Å². The number of halogens is 1. The fraction of sp³-hybridized carbons (Fsp3) is 0.182. The number of nitrogens with one attached hydrogen (secondary N) is 3. The Balaban J connectivity index is 1.77. The van der Waals surface area contributed by atoms with Crippen LogP contribution >= 0.6 is 22.9 Å². The summed E-state index contributed by atoms with van der Waals surface area (Å²) < 4.78 is 4.67. The Morgan fingerprint density at radius 2 is 2.40 bits per heavy atom. The van der Waals surface area contributed by atoms with Gasteiger partial charge in [0, 0.05) is 6.20 Å². The van der Waals surface area contributed by atoms with E-state index in [-0.39, 0.29) is 17.4 Å². The Morgan fingerprint density at radius 1 is 1.55 bits per heavy atom. The molecule has 0 saturated heterocycles. The van der Waals surface area contributed by atoms with E-state index in [4.69, 9.17) is 11.6 Å². The molecule has 0 aromatic carbocycles. The molecule has 9 heteroatoms. The van der Waals surface area contributed by atoms with E-state index in [0.717, 1.165) is 10.6 Å². The number of thiophene rings is 1. The van der Waals surface area contributed by atoms with E-state index in [1.807, 2.05) is 6.07 Å². The highest BCUT2D eigenvalue weighted by Crippen LogP contribution is 2.30. The van der Waals surface area contributed by atoms with Gasteiger partial charge in [-0.3, -0.25) is 0 Å². The quantitative estimate of drug-likeness (QED) is 0.590. The van der Waals surface area contributed by atoms with E-state index in [1.54, 1.807) is 12.3 Å². The first-order valence-electron chi connectivity index (χ1n) is 5.66. The minimum atomic E-state index is -0.351. The van der Waals surface area contributed by atoms with Crippen molar-refractivity contribution in [2.24, 2.45) is 0 Å². The smallest absolute Gasteiger partial charge is 0.348 e. The lowest BCUT2D eigenvalue weighted by molar-refractivity contribution is 0.0606. The summed E-state index contributed by atoms with van der Waals surface area (Å²) in [6.45, 7) is 0. The molecule has 1 unspecified atom stereocenters. The molecular formula is C11H10ClN5O2S. The molecule has 0 radical (unpaired) electrons. The van der Waals surface area contributed by atoms with E-state index in [9.17, 15) is 4.79 Å². The third kappa shape index (κ3) is 2.40. The standard InChI is InChI=1S/C11H10ClN5O2S/c1-19-10(18)6-2-3-7(20-6)14-8-5-4-13-11(12)15-9(5)17-16-8/h2-4,8,14,16H,1H3,(H,13,15,17). The molecule has 3 heterocycles. The Kier molecular flexibility index (Phi) is 3.43. The fourth-order valence-electron chi connectivity index (χ4n) is 1.78. The van der Waals surface area contributed by atoms with Crippen LogP contribution in [0.3, 0.4) is 0 Å². The molecule has 1 aliphatic rings. The molecule has 2 aromatic heterocycles. The second kappa shape index (κ2) is 5.23. The van der Waals surface area contributed by atoms with Crippen LogP contribution in [0.2, 0.25) is 5.28 Å². The molecule has 3 rings (SSSR count). The molecule has 1 aliphatic heterocycles. The van der Waals surface area contributed by atoms with E-state index in [0.29, 0.717) is 10.7 Å². The zero-order chi connectivity index (χ0) is 14.1. The third-order valence-electron chi connectivity index (χ3n) is 2.71. The summed E-state index contributed by atoms with van der Waals surface area (Å²) in [6, 6.07) is 3.52. The van der Waals surface area contributed by atoms with Crippen LogP contribution in [0.15, 0.2) is 18.3 Å². The van der Waals surface area contributed by atoms with Gasteiger partial charge in [0.25, 0.3) is 0 Å². The number of esters is 1. The molecule has 104 valence electrons. The highest BCUT2D eigenvalue weighted by atomic mass is 35.5. The topological polar surface area (TPSA) is 88.2 Å². The van der Waals surface area contributed by atoms with Gasteiger partial charge in [0.2, 0.25) is 5.28 Å². The van der Waals surface area contributed by atoms with Gasteiger partial charge in [0.15, 0.2) is 5.82 Å². The molecule has 3 N–H and O–H groups in total. The van der Waals surface area contributed by atoms with Crippen molar-refractivity contribution in [2.45, 2.75) is 6.17 Å². The van der Waals surface area contributed by atoms with Crippen molar-refractivity contribution in [3.63, 3.8) is 0 Å². The second-order valence-electron chi connectivity index (χ2n) is 3.95. The normalized spacial score (nSPS) is 16.4. The van der Waals surface area contributed by atoms with Crippen molar-refractivity contribution >= 4 is 39.7 Å². The van der Waals surface area contributed by atoms with Gasteiger partial charge in [-0.1, -0.05) is 0 Å². The Labute approximate surface area is 123 Å². The molecular weight excluding hydrogens is 302 g/mol. The molecule has 0 aliphatic carbocycles. The maximum absolute atomic E-state index is 11.4. The number of hydrogen-bond acceptors (Lipinski definition) is 8. The predicted molar refractivity (Wildman–Crippen MR) is 75.8 cm³/mol. The van der Waals surface area contributed by atoms with Crippen LogP contribution in [0, 0.1) is 0 Å². The number of hydrogen-bond donors (Lipinski definition) is 3. The maximum atomic E-state index is 11.4. The fourth-order valence-corrected chi connectivity index (χ4v) is 2.77. The lowest BCUT2D eigenvalue weighted by atomic mass is 10.2. The van der Waals surface area contributed by atoms with Gasteiger partial charge in [0.1, 0.15) is 11.0 Å². The van der Waals surface area contributed by atoms with Crippen molar-refractivity contribution in [1.82, 2.24) is 15.4 Å². The molecule has 2 aromatic rings. The minimum absolute atomic E-state index is 0.183. The number of rotatable bonds is 3. The summed E-state index contributed by atoms with van der Waals surface area (Å²) in [5, 5.41) is 4.24. The number of methoxy groups -OCH3 is 1. The molecule has 20 heavy (non-hydrogen) atoms. The van der Waals surface area contributed by atoms with Gasteiger partial charge in [-0.15, -0.1) is 11.3 Å². The number of hydrazine groups is 1. The lowest BCUT2D eigenvalue weighted by Gasteiger charge is -2.12. The van der Waals surface area contributed by atoms with Gasteiger partial charge >= 0.3 is 5.97 Å². The summed E-state index contributed by atoms with van der Waals surface area (Å²) >= 11 is 7.04. The number of nitrogens with zero attached hydrogens (tertiary/aromatic N) is 2. The monoisotopic (exact) mass is 311 g/mol. The highest BCUT2D eigenvalue weighted by molar-refractivity contribution is 7.17. The number of anilines is 2. The summed E-state index contributed by atoms with van der Waals surface area (Å²) in [4.78, 5) is 19.9. The maximum Gasteiger partial charge on any atom is 0.348 e. The van der Waals surface area contributed by atoms with Crippen LogP contribution in [0.25, 0.3) is 0 Å². The zero-order valence-electron chi connectivity index (χ0n) is 10.3. The van der Waals surface area contributed by atoms with Gasteiger partial charge in [-0.25, -0.2) is 15.2 Å². The van der Waals surface area contributed by atoms with Crippen molar-refractivity contribution in [3.05, 3.63) is 34.1 Å². The molecule has 1 atom stereocenters. The molecule has 0 fully saturated rings. The van der Waals surface area contributed by atoms with Crippen molar-refractivity contribution in [3.8, 4) is 0 Å². The van der Waals surface area contributed by atoms with Crippen LogP contribution in [-0.2, 0) is 4.74 Å². The van der Waals surface area contributed by atoms with Gasteiger partial charge < -0.3 is 15.5 Å². The Morgan fingerprint density at radius 3 is 3.20 bits per heavy atom. The largest absolute Gasteiger partial charge is 0.465 e. The van der Waals surface area contributed by atoms with Crippen LogP contribution in [-0.4, -0.2) is 23.0 Å². The summed E-state index contributed by atoms with van der Waals surface area (Å²) in [5.74, 6) is 0.281. The van der Waals surface area contributed by atoms with E-state index in [1.165, 1.54) is 18.4 Å². The van der Waals surface area contributed by atoms with E-state index < -0.39 is 0 Å². The molecule has 0 spiro atoms. The van der Waals surface area contributed by atoms with Gasteiger partial charge in [-0.05, 0) is 23.7 Å². The van der Waals surface area contributed by atoms with Gasteiger partial charge in [-0.2, -0.15) is 4.98 Å². The summed E-state index contributed by atoms with van der Waals surface area (Å²) in [5.41, 5.74) is 6.78. The van der Waals surface area contributed by atoms with Crippen molar-refractivity contribution in [2.75, 3.05) is 17.9 Å². The van der Waals surface area contributed by atoms with Crippen molar-refractivity contribution in [1.29, 1.82) is 0 Å². The first kappa shape index (κ1) is 13.1. The number of fused-ring (bicyclic) bond motifs is 1. The highest BCUT2D eigenvalue weighted by Gasteiger charge is 2.24. The average Bonchev–Trinajstić information content (AvgIpc) is 3.06. The first-order valence-corrected chi connectivity index (χ1v) is 6.85.